The molecule has 7 aromatic carbocycles. The number of hydrogen-bond acceptors (Lipinski definition) is 4. The predicted octanol–water partition coefficient (Wildman–Crippen LogP) is 11.5. The second kappa shape index (κ2) is 11.4. The minimum atomic E-state index is 0.595. The van der Waals surface area contributed by atoms with Gasteiger partial charge in [0, 0.05) is 43.9 Å². The Bertz CT molecular complexity index is 2840. The molecule has 0 unspecified atom stereocenters. The molecule has 3 aromatic heterocycles. The summed E-state index contributed by atoms with van der Waals surface area (Å²) in [5.74, 6) is 1.83. The Morgan fingerprint density at radius 2 is 0.960 bits per heavy atom. The smallest absolute Gasteiger partial charge is 0.164 e. The number of benzene rings is 7. The molecule has 234 valence electrons. The topological polar surface area (TPSA) is 56.7 Å². The Kier molecular flexibility index (Phi) is 6.42. The molecule has 0 saturated carbocycles. The van der Waals surface area contributed by atoms with E-state index in [-0.39, 0.29) is 0 Å². The van der Waals surface area contributed by atoms with Crippen LogP contribution in [-0.4, -0.2) is 19.5 Å². The zero-order valence-electron chi connectivity index (χ0n) is 26.9. The summed E-state index contributed by atoms with van der Waals surface area (Å²) in [7, 11) is 0. The molecule has 0 radical (unpaired) electrons. The minimum Gasteiger partial charge on any atom is -0.456 e. The average molecular weight is 641 g/mol. The number of rotatable bonds is 5. The van der Waals surface area contributed by atoms with Crippen LogP contribution in [0.5, 0.6) is 0 Å². The molecule has 0 saturated heterocycles. The molecule has 10 aromatic rings. The highest BCUT2D eigenvalue weighted by Crippen LogP contribution is 2.41. The van der Waals surface area contributed by atoms with Gasteiger partial charge in [-0.3, -0.25) is 0 Å². The van der Waals surface area contributed by atoms with Gasteiger partial charge in [0.2, 0.25) is 0 Å². The molecule has 5 heteroatoms. The summed E-state index contributed by atoms with van der Waals surface area (Å²) in [4.78, 5) is 15.2. The van der Waals surface area contributed by atoms with Gasteiger partial charge in [-0.05, 0) is 47.5 Å². The van der Waals surface area contributed by atoms with Gasteiger partial charge in [-0.2, -0.15) is 0 Å². The highest BCUT2D eigenvalue weighted by atomic mass is 16.3. The Hall–Kier alpha value is -6.85. The Morgan fingerprint density at radius 3 is 1.70 bits per heavy atom. The molecule has 0 aliphatic heterocycles. The first-order valence-corrected chi connectivity index (χ1v) is 16.7. The molecule has 0 bridgehead atoms. The molecular weight excluding hydrogens is 613 g/mol. The van der Waals surface area contributed by atoms with Crippen LogP contribution in [-0.2, 0) is 0 Å². The van der Waals surface area contributed by atoms with Crippen LogP contribution < -0.4 is 0 Å². The van der Waals surface area contributed by atoms with Crippen LogP contribution in [0.1, 0.15) is 0 Å². The van der Waals surface area contributed by atoms with E-state index in [0.29, 0.717) is 17.5 Å². The third-order valence-corrected chi connectivity index (χ3v) is 9.46. The molecule has 0 atom stereocenters. The van der Waals surface area contributed by atoms with Crippen molar-refractivity contribution < 1.29 is 4.42 Å². The molecule has 0 fully saturated rings. The number of fused-ring (bicyclic) bond motifs is 6. The van der Waals surface area contributed by atoms with Crippen LogP contribution >= 0.6 is 0 Å². The fraction of sp³-hybridized carbons (Fsp3) is 0. The van der Waals surface area contributed by atoms with Gasteiger partial charge in [-0.25, -0.2) is 15.0 Å². The lowest BCUT2D eigenvalue weighted by Gasteiger charge is -2.10. The quantitative estimate of drug-likeness (QED) is 0.188. The van der Waals surface area contributed by atoms with Crippen molar-refractivity contribution in [1.82, 2.24) is 19.5 Å². The summed E-state index contributed by atoms with van der Waals surface area (Å²) < 4.78 is 8.92. The van der Waals surface area contributed by atoms with Gasteiger partial charge in [0.15, 0.2) is 17.5 Å². The summed E-state index contributed by atoms with van der Waals surface area (Å²) in [6, 6.07) is 58.5. The fourth-order valence-electron chi connectivity index (χ4n) is 7.11. The lowest BCUT2D eigenvalue weighted by Crippen LogP contribution is -2.00. The third-order valence-electron chi connectivity index (χ3n) is 9.46. The minimum absolute atomic E-state index is 0.595. The Morgan fingerprint density at radius 1 is 0.380 bits per heavy atom. The lowest BCUT2D eigenvalue weighted by molar-refractivity contribution is 0.669. The predicted molar refractivity (Wildman–Crippen MR) is 203 cm³/mol. The largest absolute Gasteiger partial charge is 0.456 e. The first-order chi connectivity index (χ1) is 24.8. The lowest BCUT2D eigenvalue weighted by atomic mass is 10.0. The highest BCUT2D eigenvalue weighted by Gasteiger charge is 2.20. The average Bonchev–Trinajstić information content (AvgIpc) is 3.72. The van der Waals surface area contributed by atoms with E-state index in [1.165, 1.54) is 10.9 Å². The Balaban J connectivity index is 1.21. The summed E-state index contributed by atoms with van der Waals surface area (Å²) in [6.45, 7) is 0. The van der Waals surface area contributed by atoms with Gasteiger partial charge >= 0.3 is 0 Å². The zero-order valence-corrected chi connectivity index (χ0v) is 26.9. The summed E-state index contributed by atoms with van der Waals surface area (Å²) >= 11 is 0. The first kappa shape index (κ1) is 28.2. The molecule has 0 aliphatic rings. The van der Waals surface area contributed by atoms with E-state index in [9.17, 15) is 0 Å². The van der Waals surface area contributed by atoms with Crippen molar-refractivity contribution in [2.24, 2.45) is 0 Å². The van der Waals surface area contributed by atoms with Crippen LogP contribution in [0.2, 0.25) is 0 Å². The van der Waals surface area contributed by atoms with Crippen molar-refractivity contribution >= 4 is 43.7 Å². The van der Waals surface area contributed by atoms with Gasteiger partial charge in [0.25, 0.3) is 0 Å². The third kappa shape index (κ3) is 4.60. The van der Waals surface area contributed by atoms with Crippen LogP contribution in [0.3, 0.4) is 0 Å². The van der Waals surface area contributed by atoms with Crippen LogP contribution in [0, 0.1) is 0 Å². The molecule has 0 amide bonds. The van der Waals surface area contributed by atoms with E-state index < -0.39 is 0 Å². The van der Waals surface area contributed by atoms with Crippen LogP contribution in [0.4, 0.5) is 0 Å². The van der Waals surface area contributed by atoms with Crippen molar-refractivity contribution in [2.75, 3.05) is 0 Å². The monoisotopic (exact) mass is 640 g/mol. The molecule has 50 heavy (non-hydrogen) atoms. The van der Waals surface area contributed by atoms with Crippen molar-refractivity contribution in [3.63, 3.8) is 0 Å². The van der Waals surface area contributed by atoms with E-state index in [0.717, 1.165) is 66.3 Å². The van der Waals surface area contributed by atoms with E-state index in [4.69, 9.17) is 19.4 Å². The van der Waals surface area contributed by atoms with Gasteiger partial charge in [-0.1, -0.05) is 133 Å². The van der Waals surface area contributed by atoms with E-state index in [1.54, 1.807) is 0 Å². The first-order valence-electron chi connectivity index (χ1n) is 16.7. The fourth-order valence-corrected chi connectivity index (χ4v) is 7.11. The number of aromatic nitrogens is 4. The molecule has 0 N–H and O–H groups in total. The molecule has 0 aliphatic carbocycles. The summed E-state index contributed by atoms with van der Waals surface area (Å²) in [5, 5.41) is 4.32. The van der Waals surface area contributed by atoms with E-state index in [2.05, 4.69) is 126 Å². The van der Waals surface area contributed by atoms with Crippen molar-refractivity contribution in [3.05, 3.63) is 170 Å². The molecule has 5 nitrogen and oxygen atoms in total. The zero-order chi connectivity index (χ0) is 33.0. The number of para-hydroxylation sites is 2. The van der Waals surface area contributed by atoms with Crippen molar-refractivity contribution in [2.45, 2.75) is 0 Å². The number of hydrogen-bond donors (Lipinski definition) is 0. The van der Waals surface area contributed by atoms with Gasteiger partial charge in [0.1, 0.15) is 11.2 Å². The highest BCUT2D eigenvalue weighted by molar-refractivity contribution is 6.19. The maximum absolute atomic E-state index is 6.59. The van der Waals surface area contributed by atoms with Crippen LogP contribution in [0.15, 0.2) is 174 Å². The molecular formula is C45H28N4O. The standard InChI is InChI=1S/C45H28N4O/c1-4-13-29(14-5-1)30-23-25-32(26-24-30)44-46-43(31-15-6-2-7-16-31)47-45(48-44)35-20-12-22-40-42(35)37-27-39-36(28-41(37)50-40)34-19-10-11-21-38(34)49(39)33-17-8-3-9-18-33/h1-28H. The second-order valence-corrected chi connectivity index (χ2v) is 12.5. The molecule has 0 spiro atoms. The summed E-state index contributed by atoms with van der Waals surface area (Å²) in [5.41, 5.74) is 10.0. The SMILES string of the molecule is c1ccc(-c2ccc(-c3nc(-c4ccccc4)nc(-c4cccc5oc6cc7c8ccccc8n(-c8ccccc8)c7cc6c45)n3)cc2)cc1. The van der Waals surface area contributed by atoms with E-state index in [1.807, 2.05) is 48.5 Å². The van der Waals surface area contributed by atoms with Crippen molar-refractivity contribution in [3.8, 4) is 51.0 Å². The van der Waals surface area contributed by atoms with Crippen molar-refractivity contribution in [1.29, 1.82) is 0 Å². The van der Waals surface area contributed by atoms with Gasteiger partial charge < -0.3 is 8.98 Å². The molecule has 3 heterocycles. The van der Waals surface area contributed by atoms with E-state index >= 15 is 0 Å². The molecule has 10 rings (SSSR count). The van der Waals surface area contributed by atoms with Gasteiger partial charge in [-0.15, -0.1) is 0 Å². The van der Waals surface area contributed by atoms with Crippen LogP contribution in [0.25, 0.3) is 94.7 Å². The van der Waals surface area contributed by atoms with Gasteiger partial charge in [0.05, 0.1) is 11.0 Å². The Labute approximate surface area is 287 Å². The maximum atomic E-state index is 6.59. The number of furan rings is 1. The normalized spacial score (nSPS) is 11.6. The second-order valence-electron chi connectivity index (χ2n) is 12.5. The maximum Gasteiger partial charge on any atom is 0.164 e. The number of nitrogens with zero attached hydrogens (tertiary/aromatic N) is 4. The summed E-state index contributed by atoms with van der Waals surface area (Å²) in [6.07, 6.45) is 0.